The van der Waals surface area contributed by atoms with Gasteiger partial charge in [-0.25, -0.2) is 0 Å². The second-order valence-corrected chi connectivity index (χ2v) is 9.15. The number of aryl methyl sites for hydroxylation is 2. The highest BCUT2D eigenvalue weighted by Gasteiger charge is 2.34. The lowest BCUT2D eigenvalue weighted by Gasteiger charge is -2.32. The van der Waals surface area contributed by atoms with Gasteiger partial charge in [0.1, 0.15) is 19.0 Å². The van der Waals surface area contributed by atoms with Crippen LogP contribution >= 0.6 is 11.8 Å². The maximum absolute atomic E-state index is 12.7. The molecule has 0 saturated heterocycles. The minimum absolute atomic E-state index is 0.0621. The molecule has 4 rings (SSSR count). The molecule has 1 atom stereocenters. The molecule has 2 aromatic rings. The van der Waals surface area contributed by atoms with Crippen LogP contribution < -0.4 is 16.8 Å². The highest BCUT2D eigenvalue weighted by atomic mass is 32.2. The number of carboxylic acid groups (broad SMARTS) is 1. The van der Waals surface area contributed by atoms with Crippen molar-refractivity contribution >= 4 is 35.5 Å². The van der Waals surface area contributed by atoms with E-state index < -0.39 is 36.4 Å². The topological polar surface area (TPSA) is 179 Å². The van der Waals surface area contributed by atoms with E-state index >= 15 is 0 Å². The minimum atomic E-state index is -1.19. The number of rotatable bonds is 8. The van der Waals surface area contributed by atoms with Crippen LogP contribution in [0.3, 0.4) is 0 Å². The first-order chi connectivity index (χ1) is 17.7. The van der Waals surface area contributed by atoms with Gasteiger partial charge in [-0.05, 0) is 54.7 Å². The molecular weight excluding hydrogens is 498 g/mol. The third-order valence-corrected chi connectivity index (χ3v) is 6.70. The number of aliphatic hydroxyl groups is 1. The molecule has 12 heteroatoms. The number of nitrogens with two attached hydrogens (primary N) is 2. The number of fused-ring (bicyclic) bond motifs is 1. The smallest absolute Gasteiger partial charge is 0.323 e. The molecule has 0 radical (unpaired) electrons. The first-order valence-electron chi connectivity index (χ1n) is 11.5. The number of nitrogens with zero attached hydrogens (tertiary/aromatic N) is 2. The molecule has 0 saturated carbocycles. The van der Waals surface area contributed by atoms with Crippen LogP contribution in [0.25, 0.3) is 0 Å². The Morgan fingerprint density at radius 2 is 1.76 bits per heavy atom. The summed E-state index contributed by atoms with van der Waals surface area (Å²) < 4.78 is 0. The Bertz CT molecular complexity index is 1190. The van der Waals surface area contributed by atoms with Gasteiger partial charge in [0, 0.05) is 16.5 Å². The normalized spacial score (nSPS) is 15.7. The summed E-state index contributed by atoms with van der Waals surface area (Å²) in [6.45, 7) is -1.31. The number of aliphatic carboxylic acids is 1. The second-order valence-electron chi connectivity index (χ2n) is 8.19. The van der Waals surface area contributed by atoms with Gasteiger partial charge in [0.25, 0.3) is 5.91 Å². The van der Waals surface area contributed by atoms with Crippen molar-refractivity contribution in [1.82, 2.24) is 15.1 Å². The Kier molecular flexibility index (Phi) is 9.66. The lowest BCUT2D eigenvalue weighted by Crippen LogP contribution is -2.50. The van der Waals surface area contributed by atoms with E-state index in [2.05, 4.69) is 5.32 Å². The summed E-state index contributed by atoms with van der Waals surface area (Å²) in [5, 5.41) is 22.1. The van der Waals surface area contributed by atoms with Gasteiger partial charge in [-0.3, -0.25) is 24.1 Å². The van der Waals surface area contributed by atoms with Crippen LogP contribution in [0.15, 0.2) is 59.8 Å². The van der Waals surface area contributed by atoms with E-state index in [1.54, 1.807) is 35.7 Å². The van der Waals surface area contributed by atoms with E-state index in [4.69, 9.17) is 21.7 Å². The predicted octanol–water partition coefficient (Wildman–Crippen LogP) is 0.644. The number of carbonyl (C=O) groups excluding carboxylic acids is 3. The fraction of sp³-hybridized carbons (Fsp3) is 0.280. The molecule has 3 amide bonds. The van der Waals surface area contributed by atoms with Crippen molar-refractivity contribution in [3.05, 3.63) is 82.0 Å². The fourth-order valence-electron chi connectivity index (χ4n) is 3.94. The van der Waals surface area contributed by atoms with Gasteiger partial charge in [0.05, 0.1) is 6.67 Å². The summed E-state index contributed by atoms with van der Waals surface area (Å²) in [5.74, 6) is -2.35. The van der Waals surface area contributed by atoms with E-state index in [-0.39, 0.29) is 18.4 Å². The molecule has 1 heterocycles. The molecule has 0 bridgehead atoms. The Morgan fingerprint density at radius 3 is 2.38 bits per heavy atom. The summed E-state index contributed by atoms with van der Waals surface area (Å²) >= 11 is 1.15. The molecule has 1 unspecified atom stereocenters. The fourth-order valence-corrected chi connectivity index (χ4v) is 5.00. The van der Waals surface area contributed by atoms with Gasteiger partial charge in [-0.1, -0.05) is 36.0 Å². The number of aliphatic hydroxyl groups excluding tert-OH is 1. The monoisotopic (exact) mass is 527 g/mol. The van der Waals surface area contributed by atoms with E-state index in [0.29, 0.717) is 11.1 Å². The Morgan fingerprint density at radius 1 is 1.05 bits per heavy atom. The third-order valence-electron chi connectivity index (χ3n) is 5.72. The third kappa shape index (κ3) is 7.09. The zero-order valence-corrected chi connectivity index (χ0v) is 20.8. The summed E-state index contributed by atoms with van der Waals surface area (Å²) in [7, 11) is 0. The van der Waals surface area contributed by atoms with Crippen LogP contribution in [-0.4, -0.2) is 69.0 Å². The molecule has 0 fully saturated rings. The Balaban J connectivity index is 0.000000262. The molecule has 0 aromatic heterocycles. The molecule has 7 N–H and O–H groups in total. The standard InChI is InChI=1S/C15H18N4O5S.C10H11NO/c16-9-19-12(8-25-15(19)17-11(21)7-20)18(6-13(22)23)14(24)10-4-2-1-3-5-10;11-10(12)9-5-4-7-2-1-3-8(7)6-9/h1-5,8,15,20H,6-7,9,16H2,(H,17,21)(H,22,23);4-6H,1-3H2,(H2,11,12). The predicted molar refractivity (Wildman–Crippen MR) is 138 cm³/mol. The van der Waals surface area contributed by atoms with Crippen molar-refractivity contribution in [1.29, 1.82) is 0 Å². The zero-order valence-electron chi connectivity index (χ0n) is 20.0. The van der Waals surface area contributed by atoms with Crippen LogP contribution in [0.1, 0.15) is 38.3 Å². The molecule has 0 spiro atoms. The van der Waals surface area contributed by atoms with Crippen molar-refractivity contribution in [2.75, 3.05) is 19.8 Å². The Labute approximate surface area is 218 Å². The number of nitrogens with one attached hydrogen (secondary N) is 1. The van der Waals surface area contributed by atoms with Crippen LogP contribution in [0.5, 0.6) is 0 Å². The largest absolute Gasteiger partial charge is 0.480 e. The maximum Gasteiger partial charge on any atom is 0.323 e. The number of thioether (sulfide) groups is 1. The Hall–Kier alpha value is -3.87. The highest BCUT2D eigenvalue weighted by Crippen LogP contribution is 2.31. The van der Waals surface area contributed by atoms with Crippen molar-refractivity contribution in [2.45, 2.75) is 24.8 Å². The minimum Gasteiger partial charge on any atom is -0.480 e. The number of carboxylic acids is 1. The highest BCUT2D eigenvalue weighted by molar-refractivity contribution is 8.02. The quantitative estimate of drug-likeness (QED) is 0.329. The molecule has 37 heavy (non-hydrogen) atoms. The van der Waals surface area contributed by atoms with Crippen LogP contribution in [-0.2, 0) is 22.4 Å². The van der Waals surface area contributed by atoms with Gasteiger partial charge in [0.2, 0.25) is 11.8 Å². The molecule has 1 aliphatic heterocycles. The maximum atomic E-state index is 12.7. The van der Waals surface area contributed by atoms with Crippen LogP contribution in [0.2, 0.25) is 0 Å². The molecule has 196 valence electrons. The number of primary amides is 1. The molecule has 1 aliphatic carbocycles. The van der Waals surface area contributed by atoms with E-state index in [1.165, 1.54) is 22.4 Å². The lowest BCUT2D eigenvalue weighted by molar-refractivity contribution is -0.137. The van der Waals surface area contributed by atoms with Gasteiger partial charge >= 0.3 is 5.97 Å². The molecular formula is C25H29N5O6S. The molecule has 11 nitrogen and oxygen atoms in total. The van der Waals surface area contributed by atoms with Crippen molar-refractivity contribution in [3.63, 3.8) is 0 Å². The van der Waals surface area contributed by atoms with Gasteiger partial charge in [-0.2, -0.15) is 0 Å². The van der Waals surface area contributed by atoms with Gasteiger partial charge < -0.3 is 31.9 Å². The number of hydrogen-bond donors (Lipinski definition) is 5. The number of hydrogen-bond acceptors (Lipinski definition) is 8. The van der Waals surface area contributed by atoms with E-state index in [0.717, 1.165) is 29.5 Å². The van der Waals surface area contributed by atoms with Gasteiger partial charge in [0.15, 0.2) is 5.50 Å². The summed E-state index contributed by atoms with van der Waals surface area (Å²) in [5.41, 5.74) is 13.9. The lowest BCUT2D eigenvalue weighted by atomic mass is 10.1. The van der Waals surface area contributed by atoms with Gasteiger partial charge in [-0.15, -0.1) is 0 Å². The summed E-state index contributed by atoms with van der Waals surface area (Å²) in [6.07, 6.45) is 3.45. The SMILES string of the molecule is NC(=O)c1ccc2c(c1)CCC2.NCN1C(N(CC(=O)O)C(=O)c2ccccc2)=CSC1NC(=O)CO. The molecule has 2 aliphatic rings. The number of benzene rings is 2. The average Bonchev–Trinajstić information content (AvgIpc) is 3.53. The van der Waals surface area contributed by atoms with Crippen LogP contribution in [0, 0.1) is 0 Å². The molecule has 2 aromatic carbocycles. The number of carbonyl (C=O) groups is 4. The van der Waals surface area contributed by atoms with Crippen molar-refractivity contribution < 1.29 is 29.4 Å². The van der Waals surface area contributed by atoms with Crippen LogP contribution in [0.4, 0.5) is 0 Å². The van der Waals surface area contributed by atoms with Crippen molar-refractivity contribution in [3.8, 4) is 0 Å². The summed E-state index contributed by atoms with van der Waals surface area (Å²) in [6, 6.07) is 14.0. The number of amides is 3. The summed E-state index contributed by atoms with van der Waals surface area (Å²) in [4.78, 5) is 48.7. The second kappa shape index (κ2) is 12.9. The first-order valence-corrected chi connectivity index (χ1v) is 12.4. The zero-order chi connectivity index (χ0) is 26.9. The first kappa shape index (κ1) is 27.7. The average molecular weight is 528 g/mol. The van der Waals surface area contributed by atoms with Crippen molar-refractivity contribution in [2.24, 2.45) is 11.5 Å². The van der Waals surface area contributed by atoms with E-state index in [1.807, 2.05) is 18.2 Å². The van der Waals surface area contributed by atoms with E-state index in [9.17, 15) is 19.2 Å².